The zero-order chi connectivity index (χ0) is 21.3. The van der Waals surface area contributed by atoms with Gasteiger partial charge in [0.2, 0.25) is 0 Å². The van der Waals surface area contributed by atoms with Crippen molar-refractivity contribution in [3.8, 4) is 0 Å². The molecule has 30 heavy (non-hydrogen) atoms. The largest absolute Gasteiger partial charge is 0.383 e. The summed E-state index contributed by atoms with van der Waals surface area (Å²) in [6.45, 7) is 3.59. The van der Waals surface area contributed by atoms with E-state index in [1.807, 2.05) is 13.0 Å². The highest BCUT2D eigenvalue weighted by atomic mass is 16.5. The third-order valence-corrected chi connectivity index (χ3v) is 5.33. The summed E-state index contributed by atoms with van der Waals surface area (Å²) in [6.07, 6.45) is 3.58. The first kappa shape index (κ1) is 20.2. The van der Waals surface area contributed by atoms with Gasteiger partial charge in [-0.3, -0.25) is 19.4 Å². The number of nitrogens with one attached hydrogen (secondary N) is 2. The molecular weight excluding hydrogens is 386 g/mol. The Morgan fingerprint density at radius 3 is 3.00 bits per heavy atom. The minimum Gasteiger partial charge on any atom is -0.383 e. The number of pyridine rings is 2. The number of methoxy groups -OCH3 is 1. The van der Waals surface area contributed by atoms with Gasteiger partial charge in [0.25, 0.3) is 11.5 Å². The van der Waals surface area contributed by atoms with Crippen LogP contribution in [0.1, 0.15) is 28.8 Å². The summed E-state index contributed by atoms with van der Waals surface area (Å²) in [5.41, 5.74) is 1.61. The molecule has 2 N–H and O–H groups in total. The van der Waals surface area contributed by atoms with E-state index in [0.717, 1.165) is 18.4 Å². The van der Waals surface area contributed by atoms with Gasteiger partial charge in [-0.1, -0.05) is 6.07 Å². The van der Waals surface area contributed by atoms with Crippen LogP contribution in [0.15, 0.2) is 29.2 Å². The van der Waals surface area contributed by atoms with Crippen molar-refractivity contribution in [1.29, 1.82) is 5.41 Å². The molecule has 1 amide bonds. The average molecular weight is 411 g/mol. The second-order valence-corrected chi connectivity index (χ2v) is 7.48. The van der Waals surface area contributed by atoms with Gasteiger partial charge in [-0.25, -0.2) is 4.98 Å². The number of carbonyl (C=O) groups is 1. The first-order valence-electron chi connectivity index (χ1n) is 9.99. The topological polar surface area (TPSA) is 111 Å². The fraction of sp³-hybridized carbons (Fsp3) is 0.429. The summed E-state index contributed by atoms with van der Waals surface area (Å²) < 4.78 is 13.7. The molecule has 0 spiro atoms. The minimum absolute atomic E-state index is 0.00671. The molecule has 4 rings (SSSR count). The van der Waals surface area contributed by atoms with E-state index in [9.17, 15) is 9.59 Å². The molecule has 9 nitrogen and oxygen atoms in total. The van der Waals surface area contributed by atoms with Crippen molar-refractivity contribution in [2.75, 3.05) is 26.9 Å². The number of ether oxygens (including phenoxy) is 2. The number of hydrogen-bond acceptors (Lipinski definition) is 6. The van der Waals surface area contributed by atoms with E-state index in [2.05, 4.69) is 10.3 Å². The van der Waals surface area contributed by atoms with Crippen molar-refractivity contribution in [2.45, 2.75) is 32.4 Å². The van der Waals surface area contributed by atoms with E-state index in [4.69, 9.17) is 14.9 Å². The van der Waals surface area contributed by atoms with Crippen LogP contribution in [0.3, 0.4) is 0 Å². The van der Waals surface area contributed by atoms with Gasteiger partial charge in [0.15, 0.2) is 0 Å². The summed E-state index contributed by atoms with van der Waals surface area (Å²) >= 11 is 0. The number of hydrogen-bond donors (Lipinski definition) is 2. The molecule has 1 aliphatic rings. The Morgan fingerprint density at radius 2 is 2.27 bits per heavy atom. The fourth-order valence-electron chi connectivity index (χ4n) is 3.72. The molecule has 1 saturated heterocycles. The Hall–Kier alpha value is -3.04. The summed E-state index contributed by atoms with van der Waals surface area (Å²) in [7, 11) is 1.56. The highest BCUT2D eigenvalue weighted by Crippen LogP contribution is 2.13. The minimum atomic E-state index is -0.405. The first-order chi connectivity index (χ1) is 14.5. The molecule has 3 aromatic rings. The van der Waals surface area contributed by atoms with Gasteiger partial charge in [0, 0.05) is 33.0 Å². The molecule has 9 heteroatoms. The molecule has 0 unspecified atom stereocenters. The highest BCUT2D eigenvalue weighted by Gasteiger charge is 2.20. The highest BCUT2D eigenvalue weighted by molar-refractivity contribution is 5.96. The predicted molar refractivity (Wildman–Crippen MR) is 111 cm³/mol. The van der Waals surface area contributed by atoms with Crippen LogP contribution >= 0.6 is 0 Å². The summed E-state index contributed by atoms with van der Waals surface area (Å²) in [5, 5.41) is 11.7. The molecule has 3 aromatic heterocycles. The summed E-state index contributed by atoms with van der Waals surface area (Å²) in [6, 6.07) is 5.11. The van der Waals surface area contributed by atoms with E-state index in [-0.39, 0.29) is 28.1 Å². The zero-order valence-corrected chi connectivity index (χ0v) is 17.1. The fourth-order valence-corrected chi connectivity index (χ4v) is 3.72. The molecule has 4 heterocycles. The Morgan fingerprint density at radius 1 is 1.43 bits per heavy atom. The van der Waals surface area contributed by atoms with Crippen molar-refractivity contribution >= 4 is 22.6 Å². The van der Waals surface area contributed by atoms with Crippen LogP contribution in [-0.4, -0.2) is 52.8 Å². The van der Waals surface area contributed by atoms with Crippen LogP contribution in [0.2, 0.25) is 0 Å². The maximum absolute atomic E-state index is 13.2. The van der Waals surface area contributed by atoms with Gasteiger partial charge in [-0.15, -0.1) is 0 Å². The second kappa shape index (κ2) is 8.37. The standard InChI is InChI=1S/C21H25N5O4/c1-13-5-6-17-24-19-16(21(28)26(17)12-13)10-15(18(22)25(19)7-9-29-2)20(27)23-11-14-4-3-8-30-14/h5-6,10,12,14,22H,3-4,7-9,11H2,1-2H3,(H,23,27)/t14-/m1/s1. The van der Waals surface area contributed by atoms with Crippen molar-refractivity contribution in [1.82, 2.24) is 19.3 Å². The summed E-state index contributed by atoms with van der Waals surface area (Å²) in [5.74, 6) is -0.405. The zero-order valence-electron chi connectivity index (χ0n) is 17.1. The lowest BCUT2D eigenvalue weighted by atomic mass is 10.1. The maximum Gasteiger partial charge on any atom is 0.267 e. The molecule has 0 aromatic carbocycles. The van der Waals surface area contributed by atoms with Crippen LogP contribution in [0.4, 0.5) is 0 Å². The number of fused-ring (bicyclic) bond motifs is 2. The SMILES string of the molecule is COCCn1c(=N)c(C(=O)NC[C@H]2CCCO2)cc2c(=O)n3cc(C)ccc3nc21. The molecular formula is C21H25N5O4. The molecule has 0 bridgehead atoms. The second-order valence-electron chi connectivity index (χ2n) is 7.48. The predicted octanol–water partition coefficient (Wildman–Crippen LogP) is 0.992. The van der Waals surface area contributed by atoms with Crippen LogP contribution in [-0.2, 0) is 16.0 Å². The number of amides is 1. The normalized spacial score (nSPS) is 16.4. The lowest BCUT2D eigenvalue weighted by Crippen LogP contribution is -2.38. The van der Waals surface area contributed by atoms with Crippen LogP contribution < -0.4 is 16.4 Å². The van der Waals surface area contributed by atoms with Gasteiger partial charge in [0.05, 0.1) is 23.7 Å². The van der Waals surface area contributed by atoms with Gasteiger partial charge in [-0.2, -0.15) is 0 Å². The van der Waals surface area contributed by atoms with Crippen molar-refractivity contribution < 1.29 is 14.3 Å². The average Bonchev–Trinajstić information content (AvgIpc) is 3.26. The van der Waals surface area contributed by atoms with Crippen LogP contribution in [0, 0.1) is 12.3 Å². The summed E-state index contributed by atoms with van der Waals surface area (Å²) in [4.78, 5) is 30.6. The molecule has 1 fully saturated rings. The van der Waals surface area contributed by atoms with Gasteiger partial charge in [-0.05, 0) is 37.5 Å². The lowest BCUT2D eigenvalue weighted by molar-refractivity contribution is 0.0855. The number of aromatic nitrogens is 3. The molecule has 158 valence electrons. The maximum atomic E-state index is 13.2. The first-order valence-corrected chi connectivity index (χ1v) is 9.99. The third-order valence-electron chi connectivity index (χ3n) is 5.33. The quantitative estimate of drug-likeness (QED) is 0.588. The number of rotatable bonds is 6. The molecule has 0 radical (unpaired) electrons. The Balaban J connectivity index is 1.85. The van der Waals surface area contributed by atoms with Crippen molar-refractivity contribution in [2.24, 2.45) is 0 Å². The van der Waals surface area contributed by atoms with Crippen molar-refractivity contribution in [3.05, 3.63) is 51.4 Å². The number of carbonyl (C=O) groups excluding carboxylic acids is 1. The van der Waals surface area contributed by atoms with Gasteiger partial charge < -0.3 is 19.4 Å². The van der Waals surface area contributed by atoms with Crippen molar-refractivity contribution in [3.63, 3.8) is 0 Å². The van der Waals surface area contributed by atoms with Gasteiger partial charge in [0.1, 0.15) is 16.8 Å². The van der Waals surface area contributed by atoms with Crippen LogP contribution in [0.25, 0.3) is 16.7 Å². The van der Waals surface area contributed by atoms with E-state index >= 15 is 0 Å². The smallest absolute Gasteiger partial charge is 0.267 e. The molecule has 1 aliphatic heterocycles. The van der Waals surface area contributed by atoms with Gasteiger partial charge >= 0.3 is 0 Å². The van der Waals surface area contributed by atoms with E-state index in [1.165, 1.54) is 10.5 Å². The monoisotopic (exact) mass is 411 g/mol. The molecule has 1 atom stereocenters. The lowest BCUT2D eigenvalue weighted by Gasteiger charge is -2.15. The molecule has 0 saturated carbocycles. The molecule has 0 aliphatic carbocycles. The third kappa shape index (κ3) is 3.73. The Bertz CT molecular complexity index is 1220. The number of nitrogens with zero attached hydrogens (tertiary/aromatic N) is 3. The Kier molecular flexibility index (Phi) is 5.65. The Labute approximate surface area is 172 Å². The van der Waals surface area contributed by atoms with E-state index < -0.39 is 5.91 Å². The number of aryl methyl sites for hydroxylation is 1. The van der Waals surface area contributed by atoms with E-state index in [0.29, 0.717) is 37.6 Å². The van der Waals surface area contributed by atoms with Crippen LogP contribution in [0.5, 0.6) is 0 Å². The van der Waals surface area contributed by atoms with E-state index in [1.54, 1.807) is 23.9 Å².